The van der Waals surface area contributed by atoms with Gasteiger partial charge < -0.3 is 19.8 Å². The van der Waals surface area contributed by atoms with Gasteiger partial charge in [0.1, 0.15) is 5.58 Å². The van der Waals surface area contributed by atoms with Crippen molar-refractivity contribution in [1.82, 2.24) is 4.90 Å². The average molecular weight is 427 g/mol. The third-order valence-corrected chi connectivity index (χ3v) is 7.31. The second-order valence-electron chi connectivity index (χ2n) is 9.67. The maximum Gasteiger partial charge on any atom is 0.217 e. The summed E-state index contributed by atoms with van der Waals surface area (Å²) in [5.41, 5.74) is 7.39. The molecule has 5 rings (SSSR count). The fraction of sp³-hybridized carbons (Fsp3) is 0.654. The first kappa shape index (κ1) is 22.3. The van der Waals surface area contributed by atoms with Crippen LogP contribution in [-0.2, 0) is 9.53 Å². The summed E-state index contributed by atoms with van der Waals surface area (Å²) < 4.78 is 10.6. The van der Waals surface area contributed by atoms with Crippen LogP contribution in [0.1, 0.15) is 69.3 Å². The Balaban J connectivity index is 0.000000245. The lowest BCUT2D eigenvalue weighted by Crippen LogP contribution is -2.34. The van der Waals surface area contributed by atoms with Crippen molar-refractivity contribution in [3.63, 3.8) is 0 Å². The maximum absolute atomic E-state index is 10.2. The molecular formula is C26H38N2O3. The lowest BCUT2D eigenvalue weighted by atomic mass is 9.86. The quantitative estimate of drug-likeness (QED) is 0.698. The molecule has 1 aromatic carbocycles. The number of likely N-dealkylation sites (tertiary alicyclic amines) is 1. The van der Waals surface area contributed by atoms with Crippen molar-refractivity contribution in [2.24, 2.45) is 17.6 Å². The zero-order valence-corrected chi connectivity index (χ0v) is 18.8. The highest BCUT2D eigenvalue weighted by atomic mass is 16.5. The summed E-state index contributed by atoms with van der Waals surface area (Å²) >= 11 is 0. The summed E-state index contributed by atoms with van der Waals surface area (Å²) in [7, 11) is 0. The molecule has 1 aliphatic carbocycles. The third kappa shape index (κ3) is 6.33. The van der Waals surface area contributed by atoms with Crippen LogP contribution in [-0.4, -0.2) is 43.7 Å². The van der Waals surface area contributed by atoms with Gasteiger partial charge in [-0.05, 0) is 56.8 Å². The molecule has 170 valence electrons. The number of nitrogens with zero attached hydrogens (tertiary/aromatic N) is 1. The predicted molar refractivity (Wildman–Crippen MR) is 124 cm³/mol. The molecule has 2 aliphatic heterocycles. The molecule has 0 spiro atoms. The highest BCUT2D eigenvalue weighted by Crippen LogP contribution is 2.35. The van der Waals surface area contributed by atoms with Crippen molar-refractivity contribution in [1.29, 1.82) is 0 Å². The highest BCUT2D eigenvalue weighted by molar-refractivity contribution is 5.81. The van der Waals surface area contributed by atoms with Crippen LogP contribution in [0, 0.1) is 11.8 Å². The molecule has 0 unspecified atom stereocenters. The number of hydrogen-bond donors (Lipinski definition) is 1. The summed E-state index contributed by atoms with van der Waals surface area (Å²) in [4.78, 5) is 12.9. The minimum Gasteiger partial charge on any atom is -0.464 e. The molecule has 3 heterocycles. The summed E-state index contributed by atoms with van der Waals surface area (Å²) in [5, 5.41) is 1.33. The molecule has 2 saturated heterocycles. The van der Waals surface area contributed by atoms with Gasteiger partial charge in [-0.2, -0.15) is 0 Å². The Morgan fingerprint density at radius 3 is 2.39 bits per heavy atom. The molecule has 0 bridgehead atoms. The van der Waals surface area contributed by atoms with Gasteiger partial charge in [0, 0.05) is 23.3 Å². The first-order valence-electron chi connectivity index (χ1n) is 12.2. The van der Waals surface area contributed by atoms with Gasteiger partial charge in [0.05, 0.1) is 19.5 Å². The Morgan fingerprint density at radius 1 is 1.00 bits per heavy atom. The van der Waals surface area contributed by atoms with Crippen LogP contribution in [0.4, 0.5) is 0 Å². The molecule has 2 aromatic rings. The van der Waals surface area contributed by atoms with Crippen LogP contribution < -0.4 is 5.73 Å². The first-order chi connectivity index (χ1) is 15.2. The monoisotopic (exact) mass is 426 g/mol. The van der Waals surface area contributed by atoms with Crippen molar-refractivity contribution < 1.29 is 13.9 Å². The SMILES string of the molecule is NC(=O)CC1COC1.c1ccc2c(C3CCN(CCC4CCCCC4)CC3)coc2c1. The number of primary amides is 1. The third-order valence-electron chi connectivity index (χ3n) is 7.31. The van der Waals surface area contributed by atoms with Crippen LogP contribution in [0.25, 0.3) is 11.0 Å². The van der Waals surface area contributed by atoms with Gasteiger partial charge >= 0.3 is 0 Å². The normalized spacial score (nSPS) is 21.4. The van der Waals surface area contributed by atoms with Gasteiger partial charge in [0.25, 0.3) is 0 Å². The van der Waals surface area contributed by atoms with Crippen LogP contribution in [0.15, 0.2) is 34.9 Å². The van der Waals surface area contributed by atoms with Crippen LogP contribution in [0.2, 0.25) is 0 Å². The smallest absolute Gasteiger partial charge is 0.217 e. The summed E-state index contributed by atoms with van der Waals surface area (Å²) in [6.45, 7) is 5.27. The topological polar surface area (TPSA) is 68.7 Å². The molecule has 1 amide bonds. The van der Waals surface area contributed by atoms with Crippen molar-refractivity contribution in [2.75, 3.05) is 32.8 Å². The molecule has 0 atom stereocenters. The Labute approximate surface area is 186 Å². The number of benzene rings is 1. The number of ether oxygens (including phenoxy) is 1. The van der Waals surface area contributed by atoms with Crippen molar-refractivity contribution in [2.45, 2.75) is 63.7 Å². The van der Waals surface area contributed by atoms with Gasteiger partial charge in [-0.15, -0.1) is 0 Å². The van der Waals surface area contributed by atoms with Crippen LogP contribution >= 0.6 is 0 Å². The second kappa shape index (κ2) is 11.1. The molecule has 2 N–H and O–H groups in total. The number of carbonyl (C=O) groups excluding carboxylic acids is 1. The number of rotatable bonds is 6. The zero-order valence-electron chi connectivity index (χ0n) is 18.8. The number of carbonyl (C=O) groups is 1. The standard InChI is InChI=1S/C21H29NO.C5H9NO2/c1-2-6-17(7-3-1)10-13-22-14-11-18(12-15-22)20-16-23-21-9-5-4-8-19(20)21;6-5(7)1-4-2-8-3-4/h4-5,8-9,16-18H,1-3,6-7,10-15H2;4H,1-3H2,(H2,6,7). The zero-order chi connectivity index (χ0) is 21.5. The average Bonchev–Trinajstić information content (AvgIpc) is 3.21. The number of furan rings is 1. The van der Waals surface area contributed by atoms with E-state index in [0.717, 1.165) is 11.5 Å². The molecule has 5 heteroatoms. The Hall–Kier alpha value is -1.85. The minimum absolute atomic E-state index is 0.224. The second-order valence-corrected chi connectivity index (χ2v) is 9.67. The summed E-state index contributed by atoms with van der Waals surface area (Å²) in [5.74, 6) is 1.88. The summed E-state index contributed by atoms with van der Waals surface area (Å²) in [6.07, 6.45) is 13.9. The number of amides is 1. The molecule has 31 heavy (non-hydrogen) atoms. The van der Waals surface area contributed by atoms with E-state index < -0.39 is 0 Å². The molecule has 1 aromatic heterocycles. The van der Waals surface area contributed by atoms with E-state index in [0.29, 0.717) is 31.5 Å². The van der Waals surface area contributed by atoms with Crippen molar-refractivity contribution >= 4 is 16.9 Å². The van der Waals surface area contributed by atoms with E-state index in [1.165, 1.54) is 82.0 Å². The Bertz CT molecular complexity index is 815. The molecule has 3 fully saturated rings. The minimum atomic E-state index is -0.224. The van der Waals surface area contributed by atoms with Gasteiger partial charge in [-0.25, -0.2) is 0 Å². The van der Waals surface area contributed by atoms with Crippen molar-refractivity contribution in [3.05, 3.63) is 36.1 Å². The molecule has 3 aliphatic rings. The Morgan fingerprint density at radius 2 is 1.74 bits per heavy atom. The van der Waals surface area contributed by atoms with Crippen molar-refractivity contribution in [3.8, 4) is 0 Å². The van der Waals surface area contributed by atoms with E-state index >= 15 is 0 Å². The van der Waals surface area contributed by atoms with E-state index in [4.69, 9.17) is 14.9 Å². The summed E-state index contributed by atoms with van der Waals surface area (Å²) in [6, 6.07) is 8.48. The predicted octanol–water partition coefficient (Wildman–Crippen LogP) is 5.09. The number of piperidine rings is 1. The fourth-order valence-electron chi connectivity index (χ4n) is 5.31. The molecular weight excluding hydrogens is 388 g/mol. The van der Waals surface area contributed by atoms with E-state index in [1.54, 1.807) is 0 Å². The molecule has 1 saturated carbocycles. The fourth-order valence-corrected chi connectivity index (χ4v) is 5.31. The first-order valence-corrected chi connectivity index (χ1v) is 12.2. The molecule has 5 nitrogen and oxygen atoms in total. The van der Waals surface area contributed by atoms with Gasteiger partial charge in [-0.1, -0.05) is 50.3 Å². The number of fused-ring (bicyclic) bond motifs is 1. The van der Waals surface area contributed by atoms with Gasteiger partial charge in [-0.3, -0.25) is 4.79 Å². The van der Waals surface area contributed by atoms with E-state index in [9.17, 15) is 4.79 Å². The number of nitrogens with two attached hydrogens (primary N) is 1. The lowest BCUT2D eigenvalue weighted by molar-refractivity contribution is -0.123. The maximum atomic E-state index is 10.2. The largest absolute Gasteiger partial charge is 0.464 e. The number of para-hydroxylation sites is 1. The lowest BCUT2D eigenvalue weighted by Gasteiger charge is -2.33. The van der Waals surface area contributed by atoms with Gasteiger partial charge in [0.2, 0.25) is 5.91 Å². The van der Waals surface area contributed by atoms with Crippen LogP contribution in [0.3, 0.4) is 0 Å². The molecule has 0 radical (unpaired) electrons. The Kier molecular flexibility index (Phi) is 8.03. The van der Waals surface area contributed by atoms with E-state index in [-0.39, 0.29) is 5.91 Å². The van der Waals surface area contributed by atoms with E-state index in [2.05, 4.69) is 29.2 Å². The van der Waals surface area contributed by atoms with Crippen LogP contribution in [0.5, 0.6) is 0 Å². The number of hydrogen-bond acceptors (Lipinski definition) is 4. The highest BCUT2D eigenvalue weighted by Gasteiger charge is 2.24. The van der Waals surface area contributed by atoms with E-state index in [1.807, 2.05) is 6.26 Å². The van der Waals surface area contributed by atoms with Gasteiger partial charge in [0.15, 0.2) is 0 Å².